The number of hydrogen-bond donors (Lipinski definition) is 3. The molecular weight excluding hydrogens is 388 g/mol. The number of nitrogens with zero attached hydrogens (tertiary/aromatic N) is 1. The fourth-order valence-corrected chi connectivity index (χ4v) is 3.98. The molecule has 2 aromatic heterocycles. The van der Waals surface area contributed by atoms with E-state index < -0.39 is 10.9 Å². The van der Waals surface area contributed by atoms with E-state index in [4.69, 9.17) is 0 Å². The molecular formula is C21H26N4O3S. The number of aromatic nitrogens is 1. The predicted octanol–water partition coefficient (Wildman–Crippen LogP) is 1.66. The third kappa shape index (κ3) is 5.21. The van der Waals surface area contributed by atoms with Gasteiger partial charge in [0.05, 0.1) is 0 Å². The molecule has 0 saturated heterocycles. The van der Waals surface area contributed by atoms with Crippen molar-refractivity contribution in [3.05, 3.63) is 77.1 Å². The minimum absolute atomic E-state index is 0.0362. The number of pyridine rings is 1. The molecule has 1 unspecified atom stereocenters. The van der Waals surface area contributed by atoms with Crippen LogP contribution in [0.15, 0.2) is 49.5 Å². The van der Waals surface area contributed by atoms with Gasteiger partial charge in [-0.1, -0.05) is 0 Å². The summed E-state index contributed by atoms with van der Waals surface area (Å²) in [7, 11) is 3.90. The Morgan fingerprint density at radius 2 is 1.83 bits per heavy atom. The Hall–Kier alpha value is -2.71. The van der Waals surface area contributed by atoms with Gasteiger partial charge in [-0.25, -0.2) is 0 Å². The van der Waals surface area contributed by atoms with E-state index in [1.165, 1.54) is 5.56 Å². The number of likely N-dealkylation sites (N-methyl/N-ethyl adjacent to an activating group) is 1. The van der Waals surface area contributed by atoms with E-state index in [9.17, 15) is 14.4 Å². The van der Waals surface area contributed by atoms with Crippen molar-refractivity contribution in [3.63, 3.8) is 0 Å². The normalized spacial score (nSPS) is 13.5. The molecule has 2 heterocycles. The summed E-state index contributed by atoms with van der Waals surface area (Å²) in [6.45, 7) is 2.48. The summed E-state index contributed by atoms with van der Waals surface area (Å²) < 4.78 is 0. The zero-order valence-corrected chi connectivity index (χ0v) is 17.6. The van der Waals surface area contributed by atoms with Gasteiger partial charge in [-0.05, 0) is 67.9 Å². The topological polar surface area (TPSA) is 94.3 Å². The van der Waals surface area contributed by atoms with Crippen molar-refractivity contribution in [1.82, 2.24) is 9.88 Å². The summed E-state index contributed by atoms with van der Waals surface area (Å²) in [5.74, 6) is 0. The first-order valence-corrected chi connectivity index (χ1v) is 10.5. The summed E-state index contributed by atoms with van der Waals surface area (Å²) in [6.07, 6.45) is 3.06. The number of anilines is 2. The Morgan fingerprint density at radius 1 is 1.07 bits per heavy atom. The van der Waals surface area contributed by atoms with Crippen LogP contribution in [0.4, 0.5) is 11.4 Å². The molecule has 7 nitrogen and oxygen atoms in total. The van der Waals surface area contributed by atoms with E-state index in [1.54, 1.807) is 23.6 Å². The van der Waals surface area contributed by atoms with Crippen LogP contribution in [0.5, 0.6) is 0 Å². The zero-order chi connectivity index (χ0) is 21.0. The minimum atomic E-state index is -0.483. The molecule has 0 radical (unpaired) electrons. The van der Waals surface area contributed by atoms with Gasteiger partial charge in [-0.3, -0.25) is 14.4 Å². The number of rotatable bonds is 10. The van der Waals surface area contributed by atoms with Crippen LogP contribution >= 0.6 is 11.3 Å². The SMILES string of the molecule is C[C@H](Cc1ccsc1)Nc1c(NCC(Cc2cc[nH]c(=O)c2)N(C)C)c(=O)c1=O. The van der Waals surface area contributed by atoms with E-state index in [-0.39, 0.29) is 17.6 Å². The third-order valence-corrected chi connectivity index (χ3v) is 5.71. The zero-order valence-electron chi connectivity index (χ0n) is 16.8. The lowest BCUT2D eigenvalue weighted by Gasteiger charge is -2.26. The Morgan fingerprint density at radius 3 is 2.48 bits per heavy atom. The van der Waals surface area contributed by atoms with Crippen molar-refractivity contribution in [2.45, 2.75) is 31.8 Å². The summed E-state index contributed by atoms with van der Waals surface area (Å²) in [5.41, 5.74) is 1.75. The maximum atomic E-state index is 12.1. The molecule has 8 heteroatoms. The molecule has 0 aliphatic heterocycles. The molecule has 0 aliphatic carbocycles. The summed E-state index contributed by atoms with van der Waals surface area (Å²) in [6, 6.07) is 5.59. The van der Waals surface area contributed by atoms with Crippen LogP contribution in [0.25, 0.3) is 0 Å². The van der Waals surface area contributed by atoms with E-state index in [0.29, 0.717) is 24.3 Å². The molecule has 2 atom stereocenters. The minimum Gasteiger partial charge on any atom is -0.378 e. The molecule has 3 N–H and O–H groups in total. The molecule has 1 aromatic carbocycles. The molecule has 3 rings (SSSR count). The Bertz CT molecular complexity index is 1060. The molecule has 0 aliphatic rings. The summed E-state index contributed by atoms with van der Waals surface area (Å²) in [4.78, 5) is 40.3. The second-order valence-corrected chi connectivity index (χ2v) is 8.33. The molecule has 29 heavy (non-hydrogen) atoms. The average molecular weight is 415 g/mol. The highest BCUT2D eigenvalue weighted by atomic mass is 32.1. The fraction of sp³-hybridized carbons (Fsp3) is 0.381. The van der Waals surface area contributed by atoms with Crippen molar-refractivity contribution in [3.8, 4) is 0 Å². The first kappa shape index (κ1) is 21.0. The lowest BCUT2D eigenvalue weighted by atomic mass is 10.1. The van der Waals surface area contributed by atoms with E-state index >= 15 is 0 Å². The van der Waals surface area contributed by atoms with Crippen molar-refractivity contribution in [1.29, 1.82) is 0 Å². The Kier molecular flexibility index (Phi) is 6.66. The Labute approximate surface area is 173 Å². The third-order valence-electron chi connectivity index (χ3n) is 4.98. The number of H-pyrrole nitrogens is 1. The van der Waals surface area contributed by atoms with Gasteiger partial charge in [0, 0.05) is 30.9 Å². The van der Waals surface area contributed by atoms with Gasteiger partial charge in [-0.15, -0.1) is 0 Å². The van der Waals surface area contributed by atoms with E-state index in [1.807, 2.05) is 37.4 Å². The van der Waals surface area contributed by atoms with Crippen molar-refractivity contribution in [2.75, 3.05) is 31.3 Å². The van der Waals surface area contributed by atoms with Gasteiger partial charge in [-0.2, -0.15) is 11.3 Å². The molecule has 0 amide bonds. The predicted molar refractivity (Wildman–Crippen MR) is 119 cm³/mol. The standard InChI is InChI=1S/C21H26N4O3S/c1-13(8-15-5-7-29-12-15)24-19-18(20(27)21(19)28)23-11-16(25(2)3)9-14-4-6-22-17(26)10-14/h4-7,10,12-13,16,23-24H,8-9,11H2,1-3H3,(H,22,26)/t13-,16?/m1/s1. The van der Waals surface area contributed by atoms with Gasteiger partial charge in [0.1, 0.15) is 11.4 Å². The number of hydrogen-bond acceptors (Lipinski definition) is 7. The first-order valence-electron chi connectivity index (χ1n) is 9.54. The van der Waals surface area contributed by atoms with Crippen LogP contribution in [0.2, 0.25) is 0 Å². The van der Waals surface area contributed by atoms with Crippen molar-refractivity contribution >= 4 is 22.7 Å². The highest BCUT2D eigenvalue weighted by Gasteiger charge is 2.23. The maximum Gasteiger partial charge on any atom is 0.253 e. The Balaban J connectivity index is 1.64. The van der Waals surface area contributed by atoms with Gasteiger partial charge in [0.15, 0.2) is 0 Å². The number of thiophene rings is 1. The monoisotopic (exact) mass is 414 g/mol. The van der Waals surface area contributed by atoms with Crippen LogP contribution < -0.4 is 27.1 Å². The van der Waals surface area contributed by atoms with Gasteiger partial charge >= 0.3 is 0 Å². The van der Waals surface area contributed by atoms with Crippen molar-refractivity contribution < 1.29 is 0 Å². The largest absolute Gasteiger partial charge is 0.378 e. The molecule has 0 fully saturated rings. The second kappa shape index (κ2) is 9.19. The van der Waals surface area contributed by atoms with Crippen LogP contribution in [0.1, 0.15) is 18.1 Å². The second-order valence-electron chi connectivity index (χ2n) is 7.55. The van der Waals surface area contributed by atoms with Crippen LogP contribution in [-0.4, -0.2) is 42.6 Å². The first-order chi connectivity index (χ1) is 13.8. The molecule has 0 saturated carbocycles. The summed E-state index contributed by atoms with van der Waals surface area (Å²) in [5, 5.41) is 10.4. The smallest absolute Gasteiger partial charge is 0.253 e. The molecule has 3 aromatic rings. The molecule has 154 valence electrons. The maximum absolute atomic E-state index is 12.1. The van der Waals surface area contributed by atoms with Gasteiger partial charge in [0.25, 0.3) is 10.9 Å². The van der Waals surface area contributed by atoms with Gasteiger partial charge in [0.2, 0.25) is 5.56 Å². The highest BCUT2D eigenvalue weighted by Crippen LogP contribution is 2.18. The number of nitrogens with one attached hydrogen (secondary N) is 3. The van der Waals surface area contributed by atoms with Crippen molar-refractivity contribution in [2.24, 2.45) is 0 Å². The fourth-order valence-electron chi connectivity index (χ4n) is 3.30. The lowest BCUT2D eigenvalue weighted by Crippen LogP contribution is -2.43. The quantitative estimate of drug-likeness (QED) is 0.437. The highest BCUT2D eigenvalue weighted by molar-refractivity contribution is 7.07. The average Bonchev–Trinajstić information content (AvgIpc) is 3.18. The van der Waals surface area contributed by atoms with Crippen LogP contribution in [0.3, 0.4) is 0 Å². The van der Waals surface area contributed by atoms with E-state index in [0.717, 1.165) is 12.0 Å². The number of aromatic amines is 1. The van der Waals surface area contributed by atoms with Crippen LogP contribution in [-0.2, 0) is 12.8 Å². The van der Waals surface area contributed by atoms with Crippen LogP contribution in [0, 0.1) is 0 Å². The molecule has 0 bridgehead atoms. The molecule has 0 spiro atoms. The van der Waals surface area contributed by atoms with Gasteiger partial charge < -0.3 is 20.5 Å². The lowest BCUT2D eigenvalue weighted by molar-refractivity contribution is 0.303. The van der Waals surface area contributed by atoms with E-state index in [2.05, 4.69) is 27.1 Å². The summed E-state index contributed by atoms with van der Waals surface area (Å²) >= 11 is 1.64.